The molecular weight excluding hydrogens is 332 g/mol. The zero-order chi connectivity index (χ0) is 14.8. The molecule has 1 aliphatic heterocycles. The second kappa shape index (κ2) is 5.85. The van der Waals surface area contributed by atoms with Crippen LogP contribution in [0.3, 0.4) is 0 Å². The Kier molecular flexibility index (Phi) is 3.92. The lowest BCUT2D eigenvalue weighted by atomic mass is 9.85. The lowest BCUT2D eigenvalue weighted by Gasteiger charge is -2.34. The molecule has 4 nitrogen and oxygen atoms in total. The number of nitrogens with zero attached hydrogens (tertiary/aromatic N) is 2. The van der Waals surface area contributed by atoms with Crippen LogP contribution >= 0.6 is 15.9 Å². The van der Waals surface area contributed by atoms with E-state index in [-0.39, 0.29) is 12.0 Å². The first-order valence-electron chi connectivity index (χ1n) is 6.70. The highest BCUT2D eigenvalue weighted by Crippen LogP contribution is 2.34. The SMILES string of the molecule is COC(=O)N1Cc2cc(Br)ccc2C(c2cccnc2)C1. The smallest absolute Gasteiger partial charge is 0.409 e. The molecule has 0 bridgehead atoms. The van der Waals surface area contributed by atoms with Gasteiger partial charge in [-0.15, -0.1) is 0 Å². The average Bonchev–Trinajstić information content (AvgIpc) is 2.53. The molecule has 1 aliphatic rings. The van der Waals surface area contributed by atoms with Gasteiger partial charge in [-0.2, -0.15) is 0 Å². The van der Waals surface area contributed by atoms with Crippen LogP contribution < -0.4 is 0 Å². The topological polar surface area (TPSA) is 42.4 Å². The summed E-state index contributed by atoms with van der Waals surface area (Å²) in [6, 6.07) is 10.2. The highest BCUT2D eigenvalue weighted by atomic mass is 79.9. The molecule has 0 saturated carbocycles. The van der Waals surface area contributed by atoms with Gasteiger partial charge in [0.15, 0.2) is 0 Å². The van der Waals surface area contributed by atoms with Gasteiger partial charge in [0.1, 0.15) is 0 Å². The molecule has 0 aliphatic carbocycles. The molecule has 0 spiro atoms. The Morgan fingerprint density at radius 3 is 3.00 bits per heavy atom. The number of methoxy groups -OCH3 is 1. The van der Waals surface area contributed by atoms with Gasteiger partial charge in [-0.05, 0) is 34.9 Å². The third-order valence-electron chi connectivity index (χ3n) is 3.76. The Morgan fingerprint density at radius 1 is 1.43 bits per heavy atom. The molecule has 1 unspecified atom stereocenters. The molecule has 1 aromatic heterocycles. The van der Waals surface area contributed by atoms with Crippen molar-refractivity contribution in [2.24, 2.45) is 0 Å². The van der Waals surface area contributed by atoms with Crippen molar-refractivity contribution < 1.29 is 9.53 Å². The number of hydrogen-bond donors (Lipinski definition) is 0. The van der Waals surface area contributed by atoms with Crippen molar-refractivity contribution in [1.82, 2.24) is 9.88 Å². The number of carbonyl (C=O) groups excluding carboxylic acids is 1. The second-order valence-corrected chi connectivity index (χ2v) is 5.95. The third-order valence-corrected chi connectivity index (χ3v) is 4.26. The maximum Gasteiger partial charge on any atom is 0.409 e. The number of aromatic nitrogens is 1. The van der Waals surface area contributed by atoms with Gasteiger partial charge in [0, 0.05) is 35.9 Å². The number of hydrogen-bond acceptors (Lipinski definition) is 3. The van der Waals surface area contributed by atoms with E-state index in [1.165, 1.54) is 12.7 Å². The van der Waals surface area contributed by atoms with E-state index in [1.54, 1.807) is 11.1 Å². The van der Waals surface area contributed by atoms with E-state index in [9.17, 15) is 4.79 Å². The van der Waals surface area contributed by atoms with Crippen molar-refractivity contribution in [3.63, 3.8) is 0 Å². The Hall–Kier alpha value is -1.88. The van der Waals surface area contributed by atoms with Crippen LogP contribution in [-0.2, 0) is 11.3 Å². The molecule has 2 heterocycles. The summed E-state index contributed by atoms with van der Waals surface area (Å²) in [5, 5.41) is 0. The van der Waals surface area contributed by atoms with Gasteiger partial charge in [-0.3, -0.25) is 4.98 Å². The minimum Gasteiger partial charge on any atom is -0.453 e. The minimum atomic E-state index is -0.297. The number of rotatable bonds is 1. The van der Waals surface area contributed by atoms with Crippen molar-refractivity contribution in [3.05, 3.63) is 63.9 Å². The summed E-state index contributed by atoms with van der Waals surface area (Å²) in [7, 11) is 1.41. The lowest BCUT2D eigenvalue weighted by Crippen LogP contribution is -2.38. The van der Waals surface area contributed by atoms with Gasteiger partial charge in [-0.25, -0.2) is 4.79 Å². The Morgan fingerprint density at radius 2 is 2.29 bits per heavy atom. The van der Waals surface area contributed by atoms with Crippen molar-refractivity contribution in [2.45, 2.75) is 12.5 Å². The predicted octanol–water partition coefficient (Wildman–Crippen LogP) is 3.56. The van der Waals surface area contributed by atoms with E-state index >= 15 is 0 Å². The second-order valence-electron chi connectivity index (χ2n) is 5.03. The fourth-order valence-electron chi connectivity index (χ4n) is 2.78. The zero-order valence-corrected chi connectivity index (χ0v) is 13.2. The summed E-state index contributed by atoms with van der Waals surface area (Å²) in [5.41, 5.74) is 3.48. The largest absolute Gasteiger partial charge is 0.453 e. The Bertz CT molecular complexity index is 661. The molecule has 5 heteroatoms. The van der Waals surface area contributed by atoms with Gasteiger partial charge < -0.3 is 9.64 Å². The maximum atomic E-state index is 11.9. The van der Waals surface area contributed by atoms with Crippen LogP contribution in [0.25, 0.3) is 0 Å². The number of pyridine rings is 1. The minimum absolute atomic E-state index is 0.120. The molecular formula is C16H15BrN2O2. The monoisotopic (exact) mass is 346 g/mol. The Labute approximate surface area is 131 Å². The predicted molar refractivity (Wildman–Crippen MR) is 83.0 cm³/mol. The maximum absolute atomic E-state index is 11.9. The summed E-state index contributed by atoms with van der Waals surface area (Å²) < 4.78 is 5.89. The number of halogens is 1. The molecule has 0 radical (unpaired) electrons. The molecule has 2 aromatic rings. The fraction of sp³-hybridized carbons (Fsp3) is 0.250. The molecule has 3 rings (SSSR count). The molecule has 0 fully saturated rings. The Balaban J connectivity index is 2.05. The average molecular weight is 347 g/mol. The quantitative estimate of drug-likeness (QED) is 0.792. The van der Waals surface area contributed by atoms with Crippen molar-refractivity contribution in [2.75, 3.05) is 13.7 Å². The van der Waals surface area contributed by atoms with Gasteiger partial charge >= 0.3 is 6.09 Å². The summed E-state index contributed by atoms with van der Waals surface area (Å²) in [5.74, 6) is 0.120. The van der Waals surface area contributed by atoms with E-state index in [1.807, 2.05) is 24.4 Å². The first kappa shape index (κ1) is 14.1. The molecule has 108 valence electrons. The van der Waals surface area contributed by atoms with Crippen LogP contribution in [0.5, 0.6) is 0 Å². The standard InChI is InChI=1S/C16H15BrN2O2/c1-21-16(20)19-9-12-7-13(17)4-5-14(12)15(10-19)11-3-2-6-18-8-11/h2-8,15H,9-10H2,1H3. The van der Waals surface area contributed by atoms with Crippen LogP contribution in [0.1, 0.15) is 22.6 Å². The third kappa shape index (κ3) is 2.78. The van der Waals surface area contributed by atoms with Crippen molar-refractivity contribution in [3.8, 4) is 0 Å². The molecule has 1 amide bonds. The zero-order valence-electron chi connectivity index (χ0n) is 11.6. The molecule has 21 heavy (non-hydrogen) atoms. The van der Waals surface area contributed by atoms with E-state index in [2.05, 4.69) is 33.0 Å². The van der Waals surface area contributed by atoms with Crippen LogP contribution in [0.15, 0.2) is 47.2 Å². The highest BCUT2D eigenvalue weighted by Gasteiger charge is 2.29. The highest BCUT2D eigenvalue weighted by molar-refractivity contribution is 9.10. The summed E-state index contributed by atoms with van der Waals surface area (Å²) in [4.78, 5) is 17.8. The van der Waals surface area contributed by atoms with Crippen LogP contribution in [0, 0.1) is 0 Å². The first-order chi connectivity index (χ1) is 10.2. The van der Waals surface area contributed by atoms with Crippen molar-refractivity contribution >= 4 is 22.0 Å². The molecule has 1 atom stereocenters. The summed E-state index contributed by atoms with van der Waals surface area (Å²) in [6.07, 6.45) is 3.32. The van der Waals surface area contributed by atoms with Gasteiger partial charge in [0.25, 0.3) is 0 Å². The summed E-state index contributed by atoms with van der Waals surface area (Å²) >= 11 is 3.49. The number of fused-ring (bicyclic) bond motifs is 1. The van der Waals surface area contributed by atoms with Gasteiger partial charge in [-0.1, -0.05) is 28.1 Å². The number of benzene rings is 1. The molecule has 1 aromatic carbocycles. The first-order valence-corrected chi connectivity index (χ1v) is 7.49. The van der Waals surface area contributed by atoms with Gasteiger partial charge in [0.2, 0.25) is 0 Å². The fourth-order valence-corrected chi connectivity index (χ4v) is 3.18. The van der Waals surface area contributed by atoms with Crippen LogP contribution in [-0.4, -0.2) is 29.6 Å². The normalized spacial score (nSPS) is 17.2. The number of amides is 1. The van der Waals surface area contributed by atoms with E-state index in [0.29, 0.717) is 13.1 Å². The molecule has 0 saturated heterocycles. The lowest BCUT2D eigenvalue weighted by molar-refractivity contribution is 0.116. The van der Waals surface area contributed by atoms with E-state index in [4.69, 9.17) is 4.74 Å². The number of ether oxygens (including phenoxy) is 1. The van der Waals surface area contributed by atoms with Gasteiger partial charge in [0.05, 0.1) is 7.11 Å². The van der Waals surface area contributed by atoms with E-state index < -0.39 is 0 Å². The van der Waals surface area contributed by atoms with E-state index in [0.717, 1.165) is 15.6 Å². The van der Waals surface area contributed by atoms with Crippen LogP contribution in [0.4, 0.5) is 4.79 Å². The van der Waals surface area contributed by atoms with Crippen LogP contribution in [0.2, 0.25) is 0 Å². The van der Waals surface area contributed by atoms with Crippen molar-refractivity contribution in [1.29, 1.82) is 0 Å². The molecule has 0 N–H and O–H groups in total. The number of carbonyl (C=O) groups is 1. The summed E-state index contributed by atoms with van der Waals surface area (Å²) in [6.45, 7) is 1.17.